The molecule has 0 saturated heterocycles. The van der Waals surface area contributed by atoms with Crippen LogP contribution >= 0.6 is 0 Å². The van der Waals surface area contributed by atoms with Crippen LogP contribution in [-0.4, -0.2) is 9.97 Å². The number of hydrogen-bond donors (Lipinski definition) is 2. The van der Waals surface area contributed by atoms with Gasteiger partial charge in [0.2, 0.25) is 5.89 Å². The molecule has 126 valence electrons. The molecule has 2 aromatic heterocycles. The molecule has 2 N–H and O–H groups in total. The molecule has 5 nitrogen and oxygen atoms in total. The number of nitrogens with one attached hydrogen (secondary N) is 2. The summed E-state index contributed by atoms with van der Waals surface area (Å²) in [7, 11) is 0. The molecule has 2 aromatic carbocycles. The van der Waals surface area contributed by atoms with E-state index in [1.165, 1.54) is 0 Å². The molecule has 25 heavy (non-hydrogen) atoms. The Labute approximate surface area is 144 Å². The highest BCUT2D eigenvalue weighted by atomic mass is 16.3. The Morgan fingerprint density at radius 2 is 2.04 bits per heavy atom. The summed E-state index contributed by atoms with van der Waals surface area (Å²) in [5.74, 6) is 0.560. The zero-order valence-corrected chi connectivity index (χ0v) is 14.2. The monoisotopic (exact) mass is 333 g/mol. The number of H-pyrrole nitrogens is 1. The summed E-state index contributed by atoms with van der Waals surface area (Å²) < 4.78 is 5.94. The van der Waals surface area contributed by atoms with E-state index in [0.717, 1.165) is 39.6 Å². The third kappa shape index (κ3) is 2.78. The lowest BCUT2D eigenvalue weighted by molar-refractivity contribution is 0.542. The Hall–Kier alpha value is -3.08. The first-order chi connectivity index (χ1) is 12.2. The van der Waals surface area contributed by atoms with Gasteiger partial charge in [0.15, 0.2) is 5.58 Å². The molecular weight excluding hydrogens is 314 g/mol. The van der Waals surface area contributed by atoms with Crippen LogP contribution in [0.4, 0.5) is 5.69 Å². The molecule has 0 aliphatic rings. The largest absolute Gasteiger partial charge is 0.438 e. The summed E-state index contributed by atoms with van der Waals surface area (Å²) in [6.07, 6.45) is 0.867. The summed E-state index contributed by atoms with van der Waals surface area (Å²) >= 11 is 0. The quantitative estimate of drug-likeness (QED) is 0.588. The fraction of sp³-hybridized carbons (Fsp3) is 0.200. The molecule has 0 unspecified atom stereocenters. The Balaban J connectivity index is 1.66. The lowest BCUT2D eigenvalue weighted by atomic mass is 10.1. The predicted octanol–water partition coefficient (Wildman–Crippen LogP) is 4.15. The second kappa shape index (κ2) is 6.09. The summed E-state index contributed by atoms with van der Waals surface area (Å²) in [6, 6.07) is 14.0. The van der Waals surface area contributed by atoms with Crippen LogP contribution in [0.1, 0.15) is 24.1 Å². The third-order valence-corrected chi connectivity index (χ3v) is 4.48. The van der Waals surface area contributed by atoms with Gasteiger partial charge in [-0.25, -0.2) is 4.98 Å². The van der Waals surface area contributed by atoms with Crippen molar-refractivity contribution in [3.05, 3.63) is 70.0 Å². The molecule has 4 aromatic rings. The van der Waals surface area contributed by atoms with E-state index >= 15 is 0 Å². The first-order valence-electron chi connectivity index (χ1n) is 8.39. The standard InChI is InChI=1S/C20H19N3O2/c1-3-13-10-17(20(24)22-12(13)2)21-11-18-23-16-9-8-14-6-4-5-7-15(14)19(16)25-18/h4-10,21H,3,11H2,1-2H3,(H,22,24). The number of aromatic nitrogens is 2. The number of hydrogen-bond acceptors (Lipinski definition) is 4. The van der Waals surface area contributed by atoms with Crippen molar-refractivity contribution >= 4 is 27.6 Å². The van der Waals surface area contributed by atoms with Gasteiger partial charge in [0.25, 0.3) is 5.56 Å². The minimum Gasteiger partial charge on any atom is -0.438 e. The van der Waals surface area contributed by atoms with Gasteiger partial charge < -0.3 is 14.7 Å². The van der Waals surface area contributed by atoms with E-state index in [0.29, 0.717) is 18.1 Å². The van der Waals surface area contributed by atoms with Crippen LogP contribution in [0.15, 0.2) is 51.7 Å². The van der Waals surface area contributed by atoms with Crippen molar-refractivity contribution in [3.63, 3.8) is 0 Å². The van der Waals surface area contributed by atoms with Crippen molar-refractivity contribution < 1.29 is 4.42 Å². The summed E-state index contributed by atoms with van der Waals surface area (Å²) in [5.41, 5.74) is 4.03. The van der Waals surface area contributed by atoms with Crippen LogP contribution in [0.5, 0.6) is 0 Å². The maximum atomic E-state index is 12.1. The molecule has 4 rings (SSSR count). The molecule has 0 saturated carbocycles. The SMILES string of the molecule is CCc1cc(NCc2nc3ccc4ccccc4c3o2)c(=O)[nH]c1C. The smallest absolute Gasteiger partial charge is 0.271 e. The molecule has 0 amide bonds. The molecule has 0 spiro atoms. The molecule has 2 heterocycles. The summed E-state index contributed by atoms with van der Waals surface area (Å²) in [5, 5.41) is 5.30. The van der Waals surface area contributed by atoms with Crippen molar-refractivity contribution in [2.45, 2.75) is 26.8 Å². The summed E-state index contributed by atoms with van der Waals surface area (Å²) in [6.45, 7) is 4.34. The minimum absolute atomic E-state index is 0.128. The van der Waals surface area contributed by atoms with E-state index in [-0.39, 0.29) is 5.56 Å². The molecule has 0 radical (unpaired) electrons. The lowest BCUT2D eigenvalue weighted by Crippen LogP contribution is -2.16. The maximum absolute atomic E-state index is 12.1. The fourth-order valence-corrected chi connectivity index (χ4v) is 3.11. The Kier molecular flexibility index (Phi) is 3.76. The van der Waals surface area contributed by atoms with Crippen LogP contribution in [0.2, 0.25) is 0 Å². The van der Waals surface area contributed by atoms with E-state index in [4.69, 9.17) is 4.42 Å². The van der Waals surface area contributed by atoms with Gasteiger partial charge in [0.05, 0.1) is 6.54 Å². The Bertz CT molecular complexity index is 1120. The van der Waals surface area contributed by atoms with Crippen molar-refractivity contribution in [2.24, 2.45) is 0 Å². The molecule has 0 atom stereocenters. The zero-order chi connectivity index (χ0) is 17.4. The third-order valence-electron chi connectivity index (χ3n) is 4.48. The number of pyridine rings is 1. The molecule has 0 aliphatic heterocycles. The molecule has 0 fully saturated rings. The molecule has 0 bridgehead atoms. The van der Waals surface area contributed by atoms with Gasteiger partial charge in [-0.3, -0.25) is 4.79 Å². The number of aryl methyl sites for hydroxylation is 2. The number of anilines is 1. The van der Waals surface area contributed by atoms with Crippen LogP contribution < -0.4 is 10.9 Å². The van der Waals surface area contributed by atoms with E-state index in [1.807, 2.05) is 49.4 Å². The van der Waals surface area contributed by atoms with E-state index in [1.54, 1.807) is 0 Å². The summed E-state index contributed by atoms with van der Waals surface area (Å²) in [4.78, 5) is 19.5. The van der Waals surface area contributed by atoms with Gasteiger partial charge in [-0.15, -0.1) is 0 Å². The van der Waals surface area contributed by atoms with Crippen LogP contribution in [0, 0.1) is 6.92 Å². The van der Waals surface area contributed by atoms with Crippen LogP contribution in [0.3, 0.4) is 0 Å². The minimum atomic E-state index is -0.128. The number of rotatable bonds is 4. The lowest BCUT2D eigenvalue weighted by Gasteiger charge is -2.07. The molecule has 5 heteroatoms. The number of oxazole rings is 1. The van der Waals surface area contributed by atoms with Crippen LogP contribution in [-0.2, 0) is 13.0 Å². The Morgan fingerprint density at radius 1 is 1.20 bits per heavy atom. The van der Waals surface area contributed by atoms with Crippen LogP contribution in [0.25, 0.3) is 21.9 Å². The average Bonchev–Trinajstić information content (AvgIpc) is 3.04. The highest BCUT2D eigenvalue weighted by Crippen LogP contribution is 2.26. The fourth-order valence-electron chi connectivity index (χ4n) is 3.11. The highest BCUT2D eigenvalue weighted by Gasteiger charge is 2.10. The van der Waals surface area contributed by atoms with Gasteiger partial charge in [0.1, 0.15) is 11.2 Å². The van der Waals surface area contributed by atoms with Gasteiger partial charge in [0, 0.05) is 11.1 Å². The van der Waals surface area contributed by atoms with Gasteiger partial charge in [-0.05, 0) is 36.4 Å². The number of benzene rings is 2. The van der Waals surface area contributed by atoms with Crippen molar-refractivity contribution in [1.82, 2.24) is 9.97 Å². The average molecular weight is 333 g/mol. The molecular formula is C20H19N3O2. The number of fused-ring (bicyclic) bond motifs is 3. The zero-order valence-electron chi connectivity index (χ0n) is 14.2. The Morgan fingerprint density at radius 3 is 2.88 bits per heavy atom. The highest BCUT2D eigenvalue weighted by molar-refractivity contribution is 6.02. The van der Waals surface area contributed by atoms with Gasteiger partial charge in [-0.1, -0.05) is 37.3 Å². The van der Waals surface area contributed by atoms with Crippen molar-refractivity contribution in [2.75, 3.05) is 5.32 Å². The van der Waals surface area contributed by atoms with Crippen molar-refractivity contribution in [1.29, 1.82) is 0 Å². The van der Waals surface area contributed by atoms with E-state index in [9.17, 15) is 4.79 Å². The van der Waals surface area contributed by atoms with E-state index < -0.39 is 0 Å². The predicted molar refractivity (Wildman–Crippen MR) is 100 cm³/mol. The topological polar surface area (TPSA) is 70.9 Å². The number of aromatic amines is 1. The van der Waals surface area contributed by atoms with Gasteiger partial charge in [-0.2, -0.15) is 0 Å². The maximum Gasteiger partial charge on any atom is 0.271 e. The molecule has 0 aliphatic carbocycles. The second-order valence-electron chi connectivity index (χ2n) is 6.11. The van der Waals surface area contributed by atoms with E-state index in [2.05, 4.69) is 22.2 Å². The van der Waals surface area contributed by atoms with Gasteiger partial charge >= 0.3 is 0 Å². The second-order valence-corrected chi connectivity index (χ2v) is 6.11. The normalized spacial score (nSPS) is 11.3. The van der Waals surface area contributed by atoms with Crippen molar-refractivity contribution in [3.8, 4) is 0 Å². The first kappa shape index (κ1) is 15.4. The first-order valence-corrected chi connectivity index (χ1v) is 8.39. The number of nitrogens with zero attached hydrogens (tertiary/aromatic N) is 1.